The van der Waals surface area contributed by atoms with Crippen LogP contribution < -0.4 is 0 Å². The van der Waals surface area contributed by atoms with Gasteiger partial charge in [0.15, 0.2) is 0 Å². The molecule has 1 aromatic carbocycles. The molecule has 0 N–H and O–H groups in total. The molecule has 16 heavy (non-hydrogen) atoms. The Kier molecular flexibility index (Phi) is 3.78. The Morgan fingerprint density at radius 1 is 1.19 bits per heavy atom. The molecule has 1 aliphatic heterocycles. The smallest absolute Gasteiger partial charge is 0.316 e. The number of benzene rings is 1. The van der Waals surface area contributed by atoms with E-state index in [1.54, 1.807) is 17.0 Å². The van der Waals surface area contributed by atoms with E-state index in [0.717, 1.165) is 13.1 Å². The number of rotatable bonds is 2. The van der Waals surface area contributed by atoms with E-state index >= 15 is 0 Å². The number of carbonyl (C=O) groups is 1. The van der Waals surface area contributed by atoms with Crippen LogP contribution in [0.1, 0.15) is 17.8 Å². The highest BCUT2D eigenvalue weighted by Gasteiger charge is 2.24. The monoisotopic (exact) mass is 240 g/mol. The van der Waals surface area contributed by atoms with E-state index in [9.17, 15) is 13.2 Å². The zero-order chi connectivity index (χ0) is 10.8. The first-order valence-corrected chi connectivity index (χ1v) is 5.40. The minimum Gasteiger partial charge on any atom is -0.335 e. The normalized spacial score (nSPS) is 12.6. The Bertz CT molecular complexity index is 508. The Hall–Kier alpha value is -1.69. The van der Waals surface area contributed by atoms with Crippen LogP contribution in [0, 0.1) is 0 Å². The van der Waals surface area contributed by atoms with Crippen LogP contribution in [-0.2, 0) is 10.5 Å². The average Bonchev–Trinajstić information content (AvgIpc) is 3.00. The average molecular weight is 240 g/mol. The fourth-order valence-electron chi connectivity index (χ4n) is 1.19. The molecule has 1 amide bonds. The molecule has 0 aromatic heterocycles. The predicted molar refractivity (Wildman–Crippen MR) is 60.1 cm³/mol. The van der Waals surface area contributed by atoms with Gasteiger partial charge < -0.3 is 4.90 Å². The van der Waals surface area contributed by atoms with Gasteiger partial charge in [0, 0.05) is 18.7 Å². The van der Waals surface area contributed by atoms with Gasteiger partial charge >= 0.3 is 10.5 Å². The Labute approximate surface area is 95.4 Å². The summed E-state index contributed by atoms with van der Waals surface area (Å²) in [6, 6.07) is 6.16. The van der Waals surface area contributed by atoms with Crippen LogP contribution >= 0.6 is 0 Å². The molecule has 1 saturated heterocycles. The fourth-order valence-corrected chi connectivity index (χ4v) is 1.48. The highest BCUT2D eigenvalue weighted by Crippen LogP contribution is 2.16. The van der Waals surface area contributed by atoms with E-state index in [-0.39, 0.29) is 13.3 Å². The van der Waals surface area contributed by atoms with E-state index in [1.165, 1.54) is 12.1 Å². The van der Waals surface area contributed by atoms with Gasteiger partial charge in [0.05, 0.1) is 5.69 Å². The molecular weight excluding hydrogens is 228 g/mol. The van der Waals surface area contributed by atoms with Gasteiger partial charge in [-0.25, -0.2) is 0 Å². The first-order chi connectivity index (χ1) is 7.16. The highest BCUT2D eigenvalue weighted by molar-refractivity contribution is 7.61. The molecule has 0 saturated carbocycles. The molecule has 0 atom stereocenters. The summed E-state index contributed by atoms with van der Waals surface area (Å²) in [5.41, 5.74) is 0.883. The van der Waals surface area contributed by atoms with Crippen LogP contribution in [0.25, 0.3) is 0 Å². The summed E-state index contributed by atoms with van der Waals surface area (Å²) >= 11 is 0. The maximum atomic E-state index is 11.5. The summed E-state index contributed by atoms with van der Waals surface area (Å²) in [5, 5.41) is 0. The molecule has 5 nitrogen and oxygen atoms in total. The lowest BCUT2D eigenvalue weighted by atomic mass is 10.2. The standard InChI is InChI=1S/C9H8N2O3S.CH4/c12-9(11-5-6-11)7-1-3-8(4-2-7)10-15(13)14;/h1-4H,5-6H2;1H4. The second kappa shape index (κ2) is 4.89. The van der Waals surface area contributed by atoms with Gasteiger partial charge in [-0.3, -0.25) is 4.79 Å². The maximum absolute atomic E-state index is 11.5. The molecule has 0 bridgehead atoms. The second-order valence-electron chi connectivity index (χ2n) is 3.15. The molecule has 0 spiro atoms. The van der Waals surface area contributed by atoms with Crippen LogP contribution in [0.15, 0.2) is 28.6 Å². The molecular formula is C10H12N2O3S. The number of hydrogen-bond donors (Lipinski definition) is 0. The van der Waals surface area contributed by atoms with Gasteiger partial charge in [0.25, 0.3) is 5.91 Å². The molecule has 0 unspecified atom stereocenters. The summed E-state index contributed by atoms with van der Waals surface area (Å²) in [4.78, 5) is 13.2. The molecule has 86 valence electrons. The fraction of sp³-hybridized carbons (Fsp3) is 0.300. The summed E-state index contributed by atoms with van der Waals surface area (Å²) in [6.07, 6.45) is 0. The Morgan fingerprint density at radius 3 is 2.19 bits per heavy atom. The third kappa shape index (κ3) is 2.90. The number of nitrogens with zero attached hydrogens (tertiary/aromatic N) is 2. The van der Waals surface area contributed by atoms with E-state index < -0.39 is 10.5 Å². The zero-order valence-corrected chi connectivity index (χ0v) is 8.57. The van der Waals surface area contributed by atoms with Crippen LogP contribution in [0.2, 0.25) is 0 Å². The van der Waals surface area contributed by atoms with Crippen molar-refractivity contribution >= 4 is 22.1 Å². The zero-order valence-electron chi connectivity index (χ0n) is 7.75. The van der Waals surface area contributed by atoms with Crippen molar-refractivity contribution in [3.8, 4) is 0 Å². The lowest BCUT2D eigenvalue weighted by Gasteiger charge is -2.00. The molecule has 1 aliphatic rings. The first-order valence-electron chi connectivity index (χ1n) is 4.37. The minimum atomic E-state index is -2.45. The quantitative estimate of drug-likeness (QED) is 0.735. The van der Waals surface area contributed by atoms with Crippen molar-refractivity contribution in [2.75, 3.05) is 13.1 Å². The van der Waals surface area contributed by atoms with Crippen LogP contribution in [0.5, 0.6) is 0 Å². The molecule has 1 heterocycles. The summed E-state index contributed by atoms with van der Waals surface area (Å²) in [5.74, 6) is -0.0233. The Morgan fingerprint density at radius 2 is 1.75 bits per heavy atom. The van der Waals surface area contributed by atoms with Gasteiger partial charge in [-0.2, -0.15) is 8.42 Å². The van der Waals surface area contributed by atoms with Crippen molar-refractivity contribution < 1.29 is 13.2 Å². The molecule has 0 aliphatic carbocycles. The maximum Gasteiger partial charge on any atom is 0.316 e. The van der Waals surface area contributed by atoms with Gasteiger partial charge in [-0.05, 0) is 24.3 Å². The first kappa shape index (κ1) is 12.4. The largest absolute Gasteiger partial charge is 0.335 e. The van der Waals surface area contributed by atoms with Crippen LogP contribution in [0.4, 0.5) is 5.69 Å². The predicted octanol–water partition coefficient (Wildman–Crippen LogP) is 1.47. The second-order valence-corrected chi connectivity index (χ2v) is 3.76. The van der Waals surface area contributed by atoms with Crippen molar-refractivity contribution in [1.29, 1.82) is 0 Å². The number of hydrogen-bond acceptors (Lipinski definition) is 4. The molecule has 1 fully saturated rings. The van der Waals surface area contributed by atoms with Gasteiger partial charge in [0.1, 0.15) is 0 Å². The van der Waals surface area contributed by atoms with Gasteiger partial charge in [-0.1, -0.05) is 7.43 Å². The minimum absolute atomic E-state index is 0. The van der Waals surface area contributed by atoms with Crippen LogP contribution in [0.3, 0.4) is 0 Å². The van der Waals surface area contributed by atoms with Gasteiger partial charge in [-0.15, -0.1) is 4.36 Å². The molecule has 1 aromatic rings. The van der Waals surface area contributed by atoms with Crippen LogP contribution in [-0.4, -0.2) is 32.3 Å². The molecule has 2 rings (SSSR count). The summed E-state index contributed by atoms with van der Waals surface area (Å²) in [6.45, 7) is 1.60. The van der Waals surface area contributed by atoms with E-state index in [4.69, 9.17) is 0 Å². The highest BCUT2D eigenvalue weighted by atomic mass is 32.2. The summed E-state index contributed by atoms with van der Waals surface area (Å²) < 4.78 is 23.8. The van der Waals surface area contributed by atoms with Crippen molar-refractivity contribution in [3.05, 3.63) is 29.8 Å². The lowest BCUT2D eigenvalue weighted by Crippen LogP contribution is -2.09. The SMILES string of the molecule is C.O=C(c1ccc(N=S(=O)=O)cc1)N1CC1. The summed E-state index contributed by atoms with van der Waals surface area (Å²) in [7, 11) is -2.45. The lowest BCUT2D eigenvalue weighted by molar-refractivity contribution is 0.0885. The van der Waals surface area contributed by atoms with Crippen molar-refractivity contribution in [2.24, 2.45) is 4.36 Å². The van der Waals surface area contributed by atoms with E-state index in [2.05, 4.69) is 4.36 Å². The number of carbonyl (C=O) groups excluding carboxylic acids is 1. The van der Waals surface area contributed by atoms with Crippen molar-refractivity contribution in [1.82, 2.24) is 4.90 Å². The number of amides is 1. The van der Waals surface area contributed by atoms with E-state index in [0.29, 0.717) is 11.3 Å². The topological polar surface area (TPSA) is 66.6 Å². The van der Waals surface area contributed by atoms with E-state index in [1.807, 2.05) is 0 Å². The third-order valence-corrected chi connectivity index (χ3v) is 2.39. The molecule has 6 heteroatoms. The molecule has 0 radical (unpaired) electrons. The van der Waals surface area contributed by atoms with Crippen molar-refractivity contribution in [3.63, 3.8) is 0 Å². The third-order valence-electron chi connectivity index (χ3n) is 2.03. The Balaban J connectivity index is 0.00000128. The van der Waals surface area contributed by atoms with Crippen molar-refractivity contribution in [2.45, 2.75) is 7.43 Å². The van der Waals surface area contributed by atoms with Gasteiger partial charge in [0.2, 0.25) is 0 Å².